The fourth-order valence-corrected chi connectivity index (χ4v) is 1.49. The quantitative estimate of drug-likeness (QED) is 0.549. The highest BCUT2D eigenvalue weighted by molar-refractivity contribution is 14.1. The van der Waals surface area contributed by atoms with Gasteiger partial charge in [0.1, 0.15) is 0 Å². The Balaban J connectivity index is 3.08. The number of aromatic amines is 1. The zero-order valence-electron chi connectivity index (χ0n) is 6.28. The summed E-state index contributed by atoms with van der Waals surface area (Å²) in [5, 5.41) is 0. The Kier molecular flexibility index (Phi) is 3.66. The van der Waals surface area contributed by atoms with Crippen LogP contribution in [-0.4, -0.2) is 11.3 Å². The highest BCUT2D eigenvalue weighted by Crippen LogP contribution is 2.21. The van der Waals surface area contributed by atoms with Crippen LogP contribution in [0.5, 0.6) is 5.88 Å². The van der Waals surface area contributed by atoms with Gasteiger partial charge in [-0.05, 0) is 45.2 Å². The fraction of sp³-hybridized carbons (Fsp3) is 0.167. The molecular formula is C6H2F3I2NO2. The highest BCUT2D eigenvalue weighted by atomic mass is 127. The Morgan fingerprint density at radius 1 is 1.36 bits per heavy atom. The fourth-order valence-electron chi connectivity index (χ4n) is 0.669. The summed E-state index contributed by atoms with van der Waals surface area (Å²) in [4.78, 5) is 13.4. The van der Waals surface area contributed by atoms with Crippen molar-refractivity contribution >= 4 is 45.2 Å². The normalized spacial score (nSPS) is 11.5. The van der Waals surface area contributed by atoms with Crippen molar-refractivity contribution in [3.05, 3.63) is 23.6 Å². The van der Waals surface area contributed by atoms with E-state index in [9.17, 15) is 18.0 Å². The van der Waals surface area contributed by atoms with E-state index in [4.69, 9.17) is 0 Å². The van der Waals surface area contributed by atoms with E-state index in [1.807, 2.05) is 0 Å². The standard InChI is InChI=1S/C6H2F3I2NO2/c7-6(8,9)14-3-1-2(13)4(10)5(11)12-3/h1H,(H,12,13). The van der Waals surface area contributed by atoms with Gasteiger partial charge in [0.05, 0.1) is 7.27 Å². The van der Waals surface area contributed by atoms with Crippen LogP contribution in [0.25, 0.3) is 0 Å². The first-order chi connectivity index (χ1) is 6.29. The molecule has 0 unspecified atom stereocenters. The van der Waals surface area contributed by atoms with Crippen LogP contribution in [0.15, 0.2) is 10.9 Å². The van der Waals surface area contributed by atoms with Crippen LogP contribution in [0.1, 0.15) is 0 Å². The molecule has 0 saturated carbocycles. The summed E-state index contributed by atoms with van der Waals surface area (Å²) in [7, 11) is 0. The van der Waals surface area contributed by atoms with E-state index in [1.54, 1.807) is 45.2 Å². The Labute approximate surface area is 103 Å². The van der Waals surface area contributed by atoms with Crippen molar-refractivity contribution in [2.45, 2.75) is 6.36 Å². The Morgan fingerprint density at radius 3 is 2.36 bits per heavy atom. The Morgan fingerprint density at radius 2 is 1.93 bits per heavy atom. The third-order valence-corrected chi connectivity index (χ3v) is 4.04. The van der Waals surface area contributed by atoms with Gasteiger partial charge < -0.3 is 9.72 Å². The average Bonchev–Trinajstić information content (AvgIpc) is 1.96. The van der Waals surface area contributed by atoms with E-state index < -0.39 is 17.7 Å². The molecule has 0 aromatic carbocycles. The summed E-state index contributed by atoms with van der Waals surface area (Å²) >= 11 is 3.45. The van der Waals surface area contributed by atoms with Crippen molar-refractivity contribution in [1.29, 1.82) is 0 Å². The van der Waals surface area contributed by atoms with Crippen LogP contribution in [0.3, 0.4) is 0 Å². The van der Waals surface area contributed by atoms with Gasteiger partial charge in [0, 0.05) is 6.07 Å². The number of pyridine rings is 1. The lowest BCUT2D eigenvalue weighted by Gasteiger charge is -2.08. The molecule has 1 aromatic heterocycles. The topological polar surface area (TPSA) is 42.1 Å². The van der Waals surface area contributed by atoms with Crippen molar-refractivity contribution in [3.63, 3.8) is 0 Å². The van der Waals surface area contributed by atoms with Gasteiger partial charge in [0.15, 0.2) is 5.43 Å². The summed E-state index contributed by atoms with van der Waals surface area (Å²) in [5.74, 6) is -0.604. The molecule has 0 amide bonds. The summed E-state index contributed by atoms with van der Waals surface area (Å²) in [6, 6.07) is 0.761. The summed E-state index contributed by atoms with van der Waals surface area (Å²) in [5.41, 5.74) is -0.506. The highest BCUT2D eigenvalue weighted by Gasteiger charge is 2.31. The largest absolute Gasteiger partial charge is 0.574 e. The number of alkyl halides is 3. The molecule has 0 radical (unpaired) electrons. The molecule has 1 heterocycles. The zero-order chi connectivity index (χ0) is 10.9. The average molecular weight is 431 g/mol. The number of H-pyrrole nitrogens is 1. The van der Waals surface area contributed by atoms with E-state index in [1.165, 1.54) is 0 Å². The molecule has 0 spiro atoms. The first-order valence-electron chi connectivity index (χ1n) is 3.13. The SMILES string of the molecule is O=c1cc(OC(F)(F)F)[nH]c(I)c1I. The van der Waals surface area contributed by atoms with Crippen molar-refractivity contribution in [2.75, 3.05) is 0 Å². The number of hydrogen-bond acceptors (Lipinski definition) is 2. The molecule has 0 fully saturated rings. The van der Waals surface area contributed by atoms with Crippen molar-refractivity contribution in [1.82, 2.24) is 4.98 Å². The van der Waals surface area contributed by atoms with E-state index >= 15 is 0 Å². The van der Waals surface area contributed by atoms with Crippen LogP contribution in [0.2, 0.25) is 0 Å². The molecule has 8 heteroatoms. The van der Waals surface area contributed by atoms with Gasteiger partial charge >= 0.3 is 6.36 Å². The molecule has 0 atom stereocenters. The molecule has 0 saturated heterocycles. The first-order valence-corrected chi connectivity index (χ1v) is 5.29. The van der Waals surface area contributed by atoms with Gasteiger partial charge in [-0.1, -0.05) is 0 Å². The zero-order valence-corrected chi connectivity index (χ0v) is 10.6. The molecule has 1 rings (SSSR count). The minimum absolute atomic E-state index is 0.315. The van der Waals surface area contributed by atoms with Crippen LogP contribution in [0, 0.1) is 7.27 Å². The minimum atomic E-state index is -4.79. The maximum atomic E-state index is 11.8. The van der Waals surface area contributed by atoms with E-state index in [0.717, 1.165) is 6.07 Å². The lowest BCUT2D eigenvalue weighted by Crippen LogP contribution is -2.20. The Bertz CT molecular complexity index is 401. The van der Waals surface area contributed by atoms with Crippen LogP contribution >= 0.6 is 45.2 Å². The van der Waals surface area contributed by atoms with Gasteiger partial charge in [-0.2, -0.15) is 0 Å². The van der Waals surface area contributed by atoms with Crippen LogP contribution in [0.4, 0.5) is 13.2 Å². The summed E-state index contributed by atoms with van der Waals surface area (Å²) in [6.45, 7) is 0. The molecule has 3 nitrogen and oxygen atoms in total. The van der Waals surface area contributed by atoms with Gasteiger partial charge in [0.25, 0.3) is 0 Å². The predicted octanol–water partition coefficient (Wildman–Crippen LogP) is 2.48. The molecule has 0 bridgehead atoms. The Hall–Kier alpha value is -0.000000000000000111. The number of rotatable bonds is 1. The number of ether oxygens (including phenoxy) is 1. The summed E-state index contributed by atoms with van der Waals surface area (Å²) in [6.07, 6.45) is -4.79. The first kappa shape index (κ1) is 12.1. The van der Waals surface area contributed by atoms with Gasteiger partial charge in [-0.3, -0.25) is 4.79 Å². The monoisotopic (exact) mass is 431 g/mol. The molecular weight excluding hydrogens is 429 g/mol. The number of nitrogens with one attached hydrogen (secondary N) is 1. The molecule has 0 aliphatic carbocycles. The predicted molar refractivity (Wildman–Crippen MR) is 59.2 cm³/mol. The van der Waals surface area contributed by atoms with Crippen molar-refractivity contribution in [2.24, 2.45) is 0 Å². The van der Waals surface area contributed by atoms with Crippen LogP contribution in [-0.2, 0) is 0 Å². The van der Waals surface area contributed by atoms with Crippen molar-refractivity contribution in [3.8, 4) is 5.88 Å². The summed E-state index contributed by atoms with van der Waals surface area (Å²) < 4.78 is 39.5. The molecule has 0 aliphatic rings. The van der Waals surface area contributed by atoms with Gasteiger partial charge in [-0.15, -0.1) is 13.2 Å². The molecule has 0 aliphatic heterocycles. The second-order valence-corrected chi connectivity index (χ2v) is 4.33. The third kappa shape index (κ3) is 3.29. The van der Waals surface area contributed by atoms with Crippen LogP contribution < -0.4 is 10.2 Å². The molecule has 1 N–H and O–H groups in total. The number of aromatic nitrogens is 1. The molecule has 78 valence electrons. The lowest BCUT2D eigenvalue weighted by atomic mass is 10.5. The third-order valence-electron chi connectivity index (χ3n) is 1.13. The number of halogens is 5. The molecule has 1 aromatic rings. The van der Waals surface area contributed by atoms with Gasteiger partial charge in [-0.25, -0.2) is 0 Å². The van der Waals surface area contributed by atoms with E-state index in [-0.39, 0.29) is 0 Å². The number of hydrogen-bond donors (Lipinski definition) is 1. The maximum absolute atomic E-state index is 11.8. The lowest BCUT2D eigenvalue weighted by molar-refractivity contribution is -0.276. The van der Waals surface area contributed by atoms with E-state index in [0.29, 0.717) is 7.27 Å². The maximum Gasteiger partial charge on any atom is 0.574 e. The second kappa shape index (κ2) is 4.24. The molecule has 14 heavy (non-hydrogen) atoms. The van der Waals surface area contributed by atoms with Crippen molar-refractivity contribution < 1.29 is 17.9 Å². The smallest absolute Gasteiger partial charge is 0.390 e. The second-order valence-electron chi connectivity index (χ2n) is 2.17. The minimum Gasteiger partial charge on any atom is -0.390 e. The van der Waals surface area contributed by atoms with E-state index in [2.05, 4.69) is 9.72 Å². The van der Waals surface area contributed by atoms with Gasteiger partial charge in [0.2, 0.25) is 5.88 Å².